The molecule has 1 aromatic carbocycles. The van der Waals surface area contributed by atoms with Crippen LogP contribution in [0.4, 0.5) is 0 Å². The van der Waals surface area contributed by atoms with Gasteiger partial charge in [0.25, 0.3) is 0 Å². The standard InChI is InChI=1S/C6H6O.Cl3P/c7-6-4-2-1-3-5-6;1-4(2)3/h1-5,7H;. The van der Waals surface area contributed by atoms with Crippen LogP contribution in [-0.4, -0.2) is 5.11 Å². The molecule has 0 atom stereocenters. The molecule has 0 amide bonds. The third-order valence-electron chi connectivity index (χ3n) is 0.756. The van der Waals surface area contributed by atoms with Gasteiger partial charge in [0, 0.05) is 0 Å². The maximum atomic E-state index is 8.63. The lowest BCUT2D eigenvalue weighted by Crippen LogP contribution is -1.56. The first-order chi connectivity index (χ1) is 5.13. The van der Waals surface area contributed by atoms with E-state index in [1.807, 2.05) is 6.07 Å². The maximum absolute atomic E-state index is 8.63. The highest BCUT2D eigenvalue weighted by molar-refractivity contribution is 8.20. The van der Waals surface area contributed by atoms with E-state index in [4.69, 9.17) is 38.8 Å². The fourth-order valence-corrected chi connectivity index (χ4v) is 0.428. The molecule has 0 aliphatic carbocycles. The van der Waals surface area contributed by atoms with Gasteiger partial charge < -0.3 is 5.11 Å². The van der Waals surface area contributed by atoms with Crippen molar-refractivity contribution >= 4 is 39.7 Å². The Balaban J connectivity index is 0.000000218. The van der Waals surface area contributed by atoms with E-state index in [2.05, 4.69) is 0 Å². The minimum absolute atomic E-state index is 0.322. The Labute approximate surface area is 81.0 Å². The number of halogens is 3. The first-order valence-electron chi connectivity index (χ1n) is 2.64. The van der Waals surface area contributed by atoms with E-state index in [-0.39, 0.29) is 0 Å². The molecule has 62 valence electrons. The number of rotatable bonds is 0. The third-order valence-corrected chi connectivity index (χ3v) is 0.756. The molecule has 0 bridgehead atoms. The highest BCUT2D eigenvalue weighted by Crippen LogP contribution is 2.51. The van der Waals surface area contributed by atoms with E-state index in [9.17, 15) is 0 Å². The minimum Gasteiger partial charge on any atom is -0.508 e. The zero-order valence-corrected chi connectivity index (χ0v) is 8.58. The van der Waals surface area contributed by atoms with Crippen LogP contribution in [0, 0.1) is 0 Å². The summed E-state index contributed by atoms with van der Waals surface area (Å²) in [6, 6.07) is 8.71. The van der Waals surface area contributed by atoms with Crippen LogP contribution in [-0.2, 0) is 0 Å². The molecule has 0 aliphatic rings. The highest BCUT2D eigenvalue weighted by Gasteiger charge is 1.80. The molecular formula is C6H6Cl3OP. The van der Waals surface area contributed by atoms with E-state index in [0.29, 0.717) is 5.75 Å². The second-order valence-corrected chi connectivity index (χ2v) is 6.51. The Kier molecular flexibility index (Phi) is 7.20. The highest BCUT2D eigenvalue weighted by atomic mass is 36.0. The molecule has 0 heterocycles. The van der Waals surface area contributed by atoms with E-state index in [1.165, 1.54) is 0 Å². The van der Waals surface area contributed by atoms with Crippen LogP contribution in [0.5, 0.6) is 5.75 Å². The van der Waals surface area contributed by atoms with E-state index < -0.39 is 5.98 Å². The van der Waals surface area contributed by atoms with Crippen molar-refractivity contribution in [3.63, 3.8) is 0 Å². The van der Waals surface area contributed by atoms with Crippen molar-refractivity contribution in [2.75, 3.05) is 0 Å². The summed E-state index contributed by atoms with van der Waals surface area (Å²) in [5.74, 6) is -0.882. The second-order valence-electron chi connectivity index (χ2n) is 1.53. The van der Waals surface area contributed by atoms with Gasteiger partial charge in [-0.3, -0.25) is 0 Å². The molecule has 1 aromatic rings. The largest absolute Gasteiger partial charge is 0.508 e. The molecule has 1 nitrogen and oxygen atoms in total. The molecule has 0 aliphatic heterocycles. The van der Waals surface area contributed by atoms with Crippen LogP contribution in [0.1, 0.15) is 0 Å². The van der Waals surface area contributed by atoms with E-state index in [1.54, 1.807) is 24.3 Å². The number of aromatic hydroxyl groups is 1. The summed E-state index contributed by atoms with van der Waals surface area (Å²) in [6.45, 7) is 0. The summed E-state index contributed by atoms with van der Waals surface area (Å²) < 4.78 is 0. The van der Waals surface area contributed by atoms with Gasteiger partial charge in [-0.05, 0) is 12.1 Å². The van der Waals surface area contributed by atoms with Crippen LogP contribution < -0.4 is 0 Å². The summed E-state index contributed by atoms with van der Waals surface area (Å²) in [4.78, 5) is 0. The maximum Gasteiger partial charge on any atom is 0.179 e. The summed E-state index contributed by atoms with van der Waals surface area (Å²) in [6.07, 6.45) is 0. The second kappa shape index (κ2) is 7.00. The van der Waals surface area contributed by atoms with Gasteiger partial charge in [-0.15, -0.1) is 0 Å². The van der Waals surface area contributed by atoms with Crippen molar-refractivity contribution in [3.05, 3.63) is 30.3 Å². The van der Waals surface area contributed by atoms with Crippen molar-refractivity contribution in [3.8, 4) is 5.75 Å². The van der Waals surface area contributed by atoms with Crippen molar-refractivity contribution in [1.29, 1.82) is 0 Å². The van der Waals surface area contributed by atoms with Gasteiger partial charge in [0.05, 0.1) is 0 Å². The van der Waals surface area contributed by atoms with Crippen molar-refractivity contribution in [1.82, 2.24) is 0 Å². The van der Waals surface area contributed by atoms with Crippen molar-refractivity contribution < 1.29 is 5.11 Å². The molecule has 0 saturated heterocycles. The smallest absolute Gasteiger partial charge is 0.179 e. The van der Waals surface area contributed by atoms with Crippen LogP contribution >= 0.6 is 39.7 Å². The lowest BCUT2D eigenvalue weighted by molar-refractivity contribution is 0.475. The molecule has 0 spiro atoms. The van der Waals surface area contributed by atoms with Gasteiger partial charge in [0.1, 0.15) is 5.75 Å². The van der Waals surface area contributed by atoms with Gasteiger partial charge in [0.2, 0.25) is 0 Å². The monoisotopic (exact) mass is 230 g/mol. The predicted octanol–water partition coefficient (Wildman–Crippen LogP) is 4.32. The minimum atomic E-state index is -1.20. The van der Waals surface area contributed by atoms with Gasteiger partial charge in [0.15, 0.2) is 5.98 Å². The zero-order valence-electron chi connectivity index (χ0n) is 5.42. The number of para-hydroxylation sites is 1. The number of phenolic OH excluding ortho intramolecular Hbond substituents is 1. The van der Waals surface area contributed by atoms with Crippen LogP contribution in [0.2, 0.25) is 0 Å². The molecule has 11 heavy (non-hydrogen) atoms. The van der Waals surface area contributed by atoms with Gasteiger partial charge in [-0.2, -0.15) is 0 Å². The average molecular weight is 231 g/mol. The molecule has 0 fully saturated rings. The molecule has 0 unspecified atom stereocenters. The molecule has 1 rings (SSSR count). The molecule has 0 aromatic heterocycles. The summed E-state index contributed by atoms with van der Waals surface area (Å²) >= 11 is 14.6. The van der Waals surface area contributed by atoms with E-state index >= 15 is 0 Å². The lowest BCUT2D eigenvalue weighted by atomic mass is 10.3. The Hall–Kier alpha value is 0.320. The molecule has 5 heteroatoms. The van der Waals surface area contributed by atoms with Crippen LogP contribution in [0.25, 0.3) is 0 Å². The Morgan fingerprint density at radius 2 is 1.36 bits per heavy atom. The zero-order chi connectivity index (χ0) is 8.69. The SMILES string of the molecule is ClP(Cl)Cl.Oc1ccccc1. The number of hydrogen-bond donors (Lipinski definition) is 1. The van der Waals surface area contributed by atoms with Crippen molar-refractivity contribution in [2.45, 2.75) is 0 Å². The third kappa shape index (κ3) is 10.3. The average Bonchev–Trinajstić information content (AvgIpc) is 1.87. The summed E-state index contributed by atoms with van der Waals surface area (Å²) in [5, 5.41) is 8.63. The predicted molar refractivity (Wildman–Crippen MR) is 52.6 cm³/mol. The number of hydrogen-bond acceptors (Lipinski definition) is 1. The fraction of sp³-hybridized carbons (Fsp3) is 0. The van der Waals surface area contributed by atoms with Gasteiger partial charge in [-0.25, -0.2) is 0 Å². The summed E-state index contributed by atoms with van der Waals surface area (Å²) in [5.41, 5.74) is 0. The van der Waals surface area contributed by atoms with Crippen LogP contribution in [0.15, 0.2) is 30.3 Å². The molecule has 0 saturated carbocycles. The normalized spacial score (nSPS) is 8.73. The lowest BCUT2D eigenvalue weighted by Gasteiger charge is -1.82. The van der Waals surface area contributed by atoms with E-state index in [0.717, 1.165) is 0 Å². The molecule has 0 radical (unpaired) electrons. The van der Waals surface area contributed by atoms with Crippen LogP contribution in [0.3, 0.4) is 0 Å². The Bertz CT molecular complexity index is 178. The van der Waals surface area contributed by atoms with Gasteiger partial charge >= 0.3 is 0 Å². The topological polar surface area (TPSA) is 20.2 Å². The summed E-state index contributed by atoms with van der Waals surface area (Å²) in [7, 11) is 0. The number of phenols is 1. The first kappa shape index (κ1) is 11.3. The number of benzene rings is 1. The Morgan fingerprint density at radius 3 is 1.55 bits per heavy atom. The quantitative estimate of drug-likeness (QED) is 0.659. The molecule has 1 N–H and O–H groups in total. The Morgan fingerprint density at radius 1 is 1.00 bits per heavy atom. The fourth-order valence-electron chi connectivity index (χ4n) is 0.428. The van der Waals surface area contributed by atoms with Gasteiger partial charge in [-0.1, -0.05) is 51.9 Å². The van der Waals surface area contributed by atoms with Crippen molar-refractivity contribution in [2.24, 2.45) is 0 Å². The first-order valence-corrected chi connectivity index (χ1v) is 6.70. The molecular weight excluding hydrogens is 225 g/mol.